The number of benzene rings is 2. The van der Waals surface area contributed by atoms with Crippen molar-refractivity contribution in [1.82, 2.24) is 0 Å². The lowest BCUT2D eigenvalue weighted by Crippen LogP contribution is -2.23. The van der Waals surface area contributed by atoms with Crippen LogP contribution in [0.5, 0.6) is 0 Å². The molecule has 0 spiro atoms. The molecule has 3 rings (SSSR count). The van der Waals surface area contributed by atoms with Gasteiger partial charge in [0.2, 0.25) is 0 Å². The third-order valence-corrected chi connectivity index (χ3v) is 4.47. The molecule has 2 aromatic rings. The van der Waals surface area contributed by atoms with Crippen molar-refractivity contribution >= 4 is 46.0 Å². The Labute approximate surface area is 149 Å². The number of hydrogen-bond donors (Lipinski definition) is 1. The van der Waals surface area contributed by atoms with Gasteiger partial charge in [0.25, 0.3) is 5.91 Å². The van der Waals surface area contributed by atoms with E-state index in [0.29, 0.717) is 24.4 Å². The first-order valence-electron chi connectivity index (χ1n) is 6.96. The molecule has 2 amide bonds. The summed E-state index contributed by atoms with van der Waals surface area (Å²) in [4.78, 5) is 25.1. The van der Waals surface area contributed by atoms with Crippen LogP contribution < -0.4 is 10.2 Å². The smallest absolute Gasteiger partial charge is 0.414 e. The van der Waals surface area contributed by atoms with E-state index in [2.05, 4.69) is 5.32 Å². The molecule has 0 aliphatic carbocycles. The Bertz CT molecular complexity index is 788. The van der Waals surface area contributed by atoms with Gasteiger partial charge in [-0.15, -0.1) is 0 Å². The number of cyclic esters (lactones) is 1. The van der Waals surface area contributed by atoms with Crippen LogP contribution >= 0.6 is 22.6 Å². The zero-order chi connectivity index (χ0) is 17.3. The van der Waals surface area contributed by atoms with Gasteiger partial charge in [0, 0.05) is 16.9 Å². The Balaban J connectivity index is 1.75. The summed E-state index contributed by atoms with van der Waals surface area (Å²) in [5, 5.41) is 2.44. The fraction of sp³-hybridized carbons (Fsp3) is 0.125. The van der Waals surface area contributed by atoms with Crippen LogP contribution in [-0.2, 0) is 4.74 Å². The molecule has 1 heterocycles. The number of rotatable bonds is 3. The molecule has 0 saturated carbocycles. The predicted molar refractivity (Wildman–Crippen MR) is 92.2 cm³/mol. The fourth-order valence-electron chi connectivity index (χ4n) is 2.25. The van der Waals surface area contributed by atoms with Crippen LogP contribution in [0.4, 0.5) is 25.0 Å². The minimum atomic E-state index is -0.742. The molecule has 0 bridgehead atoms. The summed E-state index contributed by atoms with van der Waals surface area (Å²) in [7, 11) is 0. The number of nitrogens with zero attached hydrogens (tertiary/aromatic N) is 1. The Morgan fingerprint density at radius 2 is 1.79 bits per heavy atom. The van der Waals surface area contributed by atoms with Gasteiger partial charge in [-0.2, -0.15) is 0 Å². The minimum Gasteiger partial charge on any atom is -0.447 e. The van der Waals surface area contributed by atoms with Gasteiger partial charge in [-0.05, 0) is 59.0 Å². The second-order valence-corrected chi connectivity index (χ2v) is 6.10. The van der Waals surface area contributed by atoms with Crippen LogP contribution in [0.1, 0.15) is 10.4 Å². The molecule has 124 valence electrons. The van der Waals surface area contributed by atoms with E-state index in [0.717, 1.165) is 12.1 Å². The van der Waals surface area contributed by atoms with Crippen molar-refractivity contribution in [2.45, 2.75) is 0 Å². The zero-order valence-electron chi connectivity index (χ0n) is 12.2. The summed E-state index contributed by atoms with van der Waals surface area (Å²) in [6.07, 6.45) is -0.433. The minimum absolute atomic E-state index is 0.0302. The van der Waals surface area contributed by atoms with Crippen LogP contribution in [0.15, 0.2) is 36.4 Å². The van der Waals surface area contributed by atoms with Gasteiger partial charge in [0.05, 0.1) is 10.1 Å². The third-order valence-electron chi connectivity index (χ3n) is 3.44. The third kappa shape index (κ3) is 3.32. The Kier molecular flexibility index (Phi) is 4.65. The van der Waals surface area contributed by atoms with Gasteiger partial charge in [-0.1, -0.05) is 0 Å². The molecular formula is C16H11F2IN2O3. The topological polar surface area (TPSA) is 58.6 Å². The van der Waals surface area contributed by atoms with E-state index in [-0.39, 0.29) is 9.26 Å². The van der Waals surface area contributed by atoms with Crippen molar-refractivity contribution in [3.63, 3.8) is 0 Å². The lowest BCUT2D eigenvalue weighted by molar-refractivity contribution is 0.102. The van der Waals surface area contributed by atoms with E-state index in [1.165, 1.54) is 17.0 Å². The number of amides is 2. The summed E-state index contributed by atoms with van der Waals surface area (Å²) < 4.78 is 31.7. The van der Waals surface area contributed by atoms with Crippen LogP contribution in [0, 0.1) is 15.2 Å². The van der Waals surface area contributed by atoms with Gasteiger partial charge in [-0.3, -0.25) is 9.69 Å². The molecule has 24 heavy (non-hydrogen) atoms. The van der Waals surface area contributed by atoms with Gasteiger partial charge >= 0.3 is 6.09 Å². The van der Waals surface area contributed by atoms with E-state index in [9.17, 15) is 18.4 Å². The quantitative estimate of drug-likeness (QED) is 0.580. The highest BCUT2D eigenvalue weighted by molar-refractivity contribution is 14.1. The van der Waals surface area contributed by atoms with Gasteiger partial charge in [0.15, 0.2) is 0 Å². The standard InChI is InChI=1S/C16H11F2IN2O3/c17-12-7-10(8-13(18)14(12)19)20-15(22)9-1-3-11(4-2-9)21-5-6-24-16(21)23/h1-4,7-8H,5-6H2,(H,20,22). The number of carbonyl (C=O) groups is 2. The average Bonchev–Trinajstić information content (AvgIpc) is 2.98. The molecule has 1 N–H and O–H groups in total. The molecule has 5 nitrogen and oxygen atoms in total. The highest BCUT2D eigenvalue weighted by atomic mass is 127. The summed E-state index contributed by atoms with van der Waals surface area (Å²) in [5.41, 5.74) is 0.939. The summed E-state index contributed by atoms with van der Waals surface area (Å²) >= 11 is 1.55. The monoisotopic (exact) mass is 444 g/mol. The molecule has 0 aromatic heterocycles. The number of nitrogens with one attached hydrogen (secondary N) is 1. The summed E-state index contributed by atoms with van der Waals surface area (Å²) in [5.74, 6) is -1.99. The van der Waals surface area contributed by atoms with E-state index >= 15 is 0 Å². The van der Waals surface area contributed by atoms with E-state index < -0.39 is 23.6 Å². The van der Waals surface area contributed by atoms with Gasteiger partial charge in [0.1, 0.15) is 18.2 Å². The molecule has 1 saturated heterocycles. The summed E-state index contributed by atoms with van der Waals surface area (Å²) in [6.45, 7) is 0.774. The van der Waals surface area contributed by atoms with Crippen molar-refractivity contribution < 1.29 is 23.1 Å². The van der Waals surface area contributed by atoms with Gasteiger partial charge in [-0.25, -0.2) is 13.6 Å². The van der Waals surface area contributed by atoms with Crippen molar-refractivity contribution in [2.24, 2.45) is 0 Å². The van der Waals surface area contributed by atoms with Crippen LogP contribution in [-0.4, -0.2) is 25.2 Å². The molecular weight excluding hydrogens is 433 g/mol. The largest absolute Gasteiger partial charge is 0.447 e. The Morgan fingerprint density at radius 1 is 1.17 bits per heavy atom. The molecule has 0 atom stereocenters. The maximum absolute atomic E-state index is 13.5. The lowest BCUT2D eigenvalue weighted by Gasteiger charge is -2.13. The number of hydrogen-bond acceptors (Lipinski definition) is 3. The van der Waals surface area contributed by atoms with E-state index in [4.69, 9.17) is 4.74 Å². The van der Waals surface area contributed by atoms with Crippen molar-refractivity contribution in [1.29, 1.82) is 0 Å². The first kappa shape index (κ1) is 16.6. The van der Waals surface area contributed by atoms with E-state index in [1.807, 2.05) is 0 Å². The molecule has 0 unspecified atom stereocenters. The Hall–Kier alpha value is -2.23. The molecule has 2 aromatic carbocycles. The molecule has 1 aliphatic rings. The predicted octanol–water partition coefficient (Wildman–Crippen LogP) is 3.78. The van der Waals surface area contributed by atoms with Crippen LogP contribution in [0.2, 0.25) is 0 Å². The number of ether oxygens (including phenoxy) is 1. The Morgan fingerprint density at radius 3 is 2.33 bits per heavy atom. The molecule has 0 radical (unpaired) electrons. The molecule has 1 aliphatic heterocycles. The highest BCUT2D eigenvalue weighted by Crippen LogP contribution is 2.22. The fourth-order valence-corrected chi connectivity index (χ4v) is 2.56. The van der Waals surface area contributed by atoms with Crippen molar-refractivity contribution in [2.75, 3.05) is 23.4 Å². The number of carbonyl (C=O) groups excluding carboxylic acids is 2. The van der Waals surface area contributed by atoms with Crippen molar-refractivity contribution in [3.8, 4) is 0 Å². The molecule has 1 fully saturated rings. The van der Waals surface area contributed by atoms with Gasteiger partial charge < -0.3 is 10.1 Å². The normalized spacial score (nSPS) is 13.8. The maximum Gasteiger partial charge on any atom is 0.414 e. The molecule has 8 heteroatoms. The number of anilines is 2. The van der Waals surface area contributed by atoms with Crippen molar-refractivity contribution in [3.05, 3.63) is 57.2 Å². The second kappa shape index (κ2) is 6.71. The van der Waals surface area contributed by atoms with Crippen LogP contribution in [0.25, 0.3) is 0 Å². The highest BCUT2D eigenvalue weighted by Gasteiger charge is 2.23. The van der Waals surface area contributed by atoms with Crippen LogP contribution in [0.3, 0.4) is 0 Å². The second-order valence-electron chi connectivity index (χ2n) is 5.02. The lowest BCUT2D eigenvalue weighted by atomic mass is 10.1. The summed E-state index contributed by atoms with van der Waals surface area (Å²) in [6, 6.07) is 8.37. The first-order valence-corrected chi connectivity index (χ1v) is 8.04. The first-order chi connectivity index (χ1) is 11.5. The average molecular weight is 444 g/mol. The number of halogens is 3. The SMILES string of the molecule is O=C(Nc1cc(F)c(I)c(F)c1)c1ccc(N2CCOC2=O)cc1. The zero-order valence-corrected chi connectivity index (χ0v) is 14.3. The van der Waals surface area contributed by atoms with E-state index in [1.54, 1.807) is 34.7 Å². The maximum atomic E-state index is 13.5.